The van der Waals surface area contributed by atoms with Crippen molar-refractivity contribution < 1.29 is 19.2 Å². The summed E-state index contributed by atoms with van der Waals surface area (Å²) in [6.07, 6.45) is 3.85. The third-order valence-electron chi connectivity index (χ3n) is 6.10. The summed E-state index contributed by atoms with van der Waals surface area (Å²) in [7, 11) is 0. The van der Waals surface area contributed by atoms with Crippen LogP contribution in [-0.2, 0) is 17.9 Å². The van der Waals surface area contributed by atoms with Gasteiger partial charge in [0.2, 0.25) is 5.91 Å². The fourth-order valence-corrected chi connectivity index (χ4v) is 5.14. The molecule has 0 unspecified atom stereocenters. The van der Waals surface area contributed by atoms with Crippen molar-refractivity contribution >= 4 is 23.4 Å². The standard InChI is InChI=1S/C25H29N5O3S/c31-24(26-20-9-10-21-22(15-20)33-14-13-32-21)18-34-25-28-27-23(17-29-11-5-2-6-12-29)30(25)16-19-7-3-1-4-8-19/h1,3-4,7-10,15H,2,5-6,11-14,16-18H2,(H,26,31)/p+1. The minimum atomic E-state index is -0.0980. The van der Waals surface area contributed by atoms with Crippen LogP contribution in [0.4, 0.5) is 5.69 Å². The maximum Gasteiger partial charge on any atom is 0.234 e. The first-order valence-electron chi connectivity index (χ1n) is 11.9. The summed E-state index contributed by atoms with van der Waals surface area (Å²) in [5.41, 5.74) is 1.88. The molecule has 1 saturated heterocycles. The lowest BCUT2D eigenvalue weighted by Gasteiger charge is -2.23. The van der Waals surface area contributed by atoms with Crippen molar-refractivity contribution in [3.8, 4) is 11.5 Å². The van der Waals surface area contributed by atoms with Crippen LogP contribution in [0.2, 0.25) is 0 Å². The summed E-state index contributed by atoms with van der Waals surface area (Å²) < 4.78 is 13.3. The van der Waals surface area contributed by atoms with Gasteiger partial charge in [0.25, 0.3) is 0 Å². The number of anilines is 1. The highest BCUT2D eigenvalue weighted by Crippen LogP contribution is 2.32. The van der Waals surface area contributed by atoms with E-state index in [2.05, 4.69) is 32.2 Å². The van der Waals surface area contributed by atoms with Gasteiger partial charge in [-0.3, -0.25) is 9.36 Å². The molecule has 34 heavy (non-hydrogen) atoms. The first-order valence-corrected chi connectivity index (χ1v) is 12.8. The summed E-state index contributed by atoms with van der Waals surface area (Å²) in [5.74, 6) is 2.49. The van der Waals surface area contributed by atoms with E-state index in [1.54, 1.807) is 11.0 Å². The molecule has 1 amide bonds. The molecule has 1 fully saturated rings. The van der Waals surface area contributed by atoms with E-state index < -0.39 is 0 Å². The Labute approximate surface area is 203 Å². The van der Waals surface area contributed by atoms with Gasteiger partial charge < -0.3 is 19.7 Å². The van der Waals surface area contributed by atoms with Gasteiger partial charge in [0, 0.05) is 11.8 Å². The van der Waals surface area contributed by atoms with Crippen molar-refractivity contribution in [2.24, 2.45) is 0 Å². The number of rotatable bonds is 8. The summed E-state index contributed by atoms with van der Waals surface area (Å²) in [4.78, 5) is 14.2. The lowest BCUT2D eigenvalue weighted by atomic mass is 10.1. The van der Waals surface area contributed by atoms with Gasteiger partial charge in [0.15, 0.2) is 22.5 Å². The molecule has 8 nitrogen and oxygen atoms in total. The lowest BCUT2D eigenvalue weighted by molar-refractivity contribution is -0.919. The Bertz CT molecular complexity index is 1110. The second kappa shape index (κ2) is 10.9. The normalized spacial score (nSPS) is 15.8. The number of piperidine rings is 1. The first kappa shape index (κ1) is 22.7. The lowest BCUT2D eigenvalue weighted by Crippen LogP contribution is -3.11. The number of amides is 1. The first-order chi connectivity index (χ1) is 16.7. The van der Waals surface area contributed by atoms with E-state index in [0.29, 0.717) is 36.9 Å². The number of likely N-dealkylation sites (tertiary alicyclic amines) is 1. The molecule has 3 aromatic rings. The summed E-state index contributed by atoms with van der Waals surface area (Å²) in [6.45, 7) is 4.97. The molecule has 0 aliphatic carbocycles. The predicted octanol–water partition coefficient (Wildman–Crippen LogP) is 2.40. The number of aromatic nitrogens is 3. The van der Waals surface area contributed by atoms with Gasteiger partial charge >= 0.3 is 0 Å². The van der Waals surface area contributed by atoms with Crippen LogP contribution in [0.25, 0.3) is 0 Å². The van der Waals surface area contributed by atoms with Crippen molar-refractivity contribution in [3.63, 3.8) is 0 Å². The predicted molar refractivity (Wildman–Crippen MR) is 131 cm³/mol. The fourth-order valence-electron chi connectivity index (χ4n) is 4.38. The molecule has 0 spiro atoms. The van der Waals surface area contributed by atoms with E-state index in [-0.39, 0.29) is 11.7 Å². The molecule has 2 aliphatic heterocycles. The highest BCUT2D eigenvalue weighted by molar-refractivity contribution is 7.99. The van der Waals surface area contributed by atoms with E-state index in [1.165, 1.54) is 49.7 Å². The van der Waals surface area contributed by atoms with Crippen LogP contribution in [0.15, 0.2) is 53.7 Å². The second-order valence-electron chi connectivity index (χ2n) is 8.65. The maximum atomic E-state index is 12.7. The van der Waals surface area contributed by atoms with Crippen molar-refractivity contribution in [1.29, 1.82) is 0 Å². The Morgan fingerprint density at radius 1 is 1.00 bits per heavy atom. The molecule has 3 heterocycles. The molecule has 2 aliphatic rings. The number of nitrogens with zero attached hydrogens (tertiary/aromatic N) is 3. The minimum absolute atomic E-state index is 0.0980. The molecule has 2 aromatic carbocycles. The smallest absolute Gasteiger partial charge is 0.234 e. The van der Waals surface area contributed by atoms with Gasteiger partial charge in [-0.15, -0.1) is 10.2 Å². The van der Waals surface area contributed by atoms with E-state index >= 15 is 0 Å². The number of ether oxygens (including phenoxy) is 2. The number of carbonyl (C=O) groups is 1. The fraction of sp³-hybridized carbons (Fsp3) is 0.400. The Balaban J connectivity index is 1.26. The van der Waals surface area contributed by atoms with E-state index in [1.807, 2.05) is 30.3 Å². The average molecular weight is 481 g/mol. The number of thioether (sulfide) groups is 1. The van der Waals surface area contributed by atoms with Gasteiger partial charge in [-0.1, -0.05) is 42.1 Å². The summed E-state index contributed by atoms with van der Waals surface area (Å²) in [5, 5.41) is 12.7. The average Bonchev–Trinajstić information content (AvgIpc) is 3.24. The van der Waals surface area contributed by atoms with Gasteiger partial charge in [-0.2, -0.15) is 0 Å². The molecule has 0 bridgehead atoms. The SMILES string of the molecule is O=C(CSc1nnc(C[NH+]2CCCCC2)n1Cc1ccccc1)Nc1ccc2c(c1)OCCO2. The quantitative estimate of drug-likeness (QED) is 0.482. The molecule has 0 atom stereocenters. The number of carbonyl (C=O) groups excluding carboxylic acids is 1. The Kier molecular flexibility index (Phi) is 7.31. The monoisotopic (exact) mass is 480 g/mol. The van der Waals surface area contributed by atoms with Crippen molar-refractivity contribution in [1.82, 2.24) is 14.8 Å². The van der Waals surface area contributed by atoms with Gasteiger partial charge in [-0.05, 0) is 37.0 Å². The molecule has 5 rings (SSSR count). The third kappa shape index (κ3) is 5.71. The van der Waals surface area contributed by atoms with Crippen molar-refractivity contribution in [2.75, 3.05) is 37.4 Å². The molecular weight excluding hydrogens is 450 g/mol. The van der Waals surface area contributed by atoms with Gasteiger partial charge in [0.05, 0.1) is 25.4 Å². The van der Waals surface area contributed by atoms with Crippen LogP contribution in [-0.4, -0.2) is 52.7 Å². The number of nitrogens with one attached hydrogen (secondary N) is 2. The molecule has 9 heteroatoms. The Morgan fingerprint density at radius 3 is 2.62 bits per heavy atom. The van der Waals surface area contributed by atoms with Crippen LogP contribution < -0.4 is 19.7 Å². The van der Waals surface area contributed by atoms with Gasteiger partial charge in [0.1, 0.15) is 19.8 Å². The molecule has 0 radical (unpaired) electrons. The largest absolute Gasteiger partial charge is 0.486 e. The number of hydrogen-bond acceptors (Lipinski definition) is 6. The Hall–Kier alpha value is -3.04. The van der Waals surface area contributed by atoms with E-state index in [9.17, 15) is 4.79 Å². The molecular formula is C25H30N5O3S+. The zero-order valence-corrected chi connectivity index (χ0v) is 20.0. The summed E-state index contributed by atoms with van der Waals surface area (Å²) in [6, 6.07) is 15.8. The van der Waals surface area contributed by atoms with Crippen LogP contribution in [0, 0.1) is 0 Å². The van der Waals surface area contributed by atoms with Crippen LogP contribution >= 0.6 is 11.8 Å². The van der Waals surface area contributed by atoms with Crippen LogP contribution in [0.5, 0.6) is 11.5 Å². The highest BCUT2D eigenvalue weighted by Gasteiger charge is 2.21. The number of quaternary nitrogens is 1. The molecule has 178 valence electrons. The van der Waals surface area contributed by atoms with Crippen molar-refractivity contribution in [2.45, 2.75) is 37.5 Å². The zero-order valence-electron chi connectivity index (χ0n) is 19.2. The summed E-state index contributed by atoms with van der Waals surface area (Å²) >= 11 is 1.42. The van der Waals surface area contributed by atoms with Crippen LogP contribution in [0.3, 0.4) is 0 Å². The molecule has 2 N–H and O–H groups in total. The van der Waals surface area contributed by atoms with Gasteiger partial charge in [-0.25, -0.2) is 0 Å². The maximum absolute atomic E-state index is 12.7. The van der Waals surface area contributed by atoms with Crippen molar-refractivity contribution in [3.05, 3.63) is 59.9 Å². The topological polar surface area (TPSA) is 82.7 Å². The highest BCUT2D eigenvalue weighted by atomic mass is 32.2. The molecule has 1 aromatic heterocycles. The Morgan fingerprint density at radius 2 is 1.79 bits per heavy atom. The second-order valence-corrected chi connectivity index (χ2v) is 9.60. The minimum Gasteiger partial charge on any atom is -0.486 e. The van der Waals surface area contributed by atoms with Crippen LogP contribution in [0.1, 0.15) is 30.7 Å². The third-order valence-corrected chi connectivity index (χ3v) is 7.07. The van der Waals surface area contributed by atoms with E-state index in [4.69, 9.17) is 9.47 Å². The molecule has 0 saturated carbocycles. The number of fused-ring (bicyclic) bond motifs is 1. The number of benzene rings is 2. The number of hydrogen-bond donors (Lipinski definition) is 2. The zero-order chi connectivity index (χ0) is 23.2. The van der Waals surface area contributed by atoms with E-state index in [0.717, 1.165) is 17.5 Å².